The second kappa shape index (κ2) is 7.64. The van der Waals surface area contributed by atoms with Gasteiger partial charge in [0.1, 0.15) is 0 Å². The van der Waals surface area contributed by atoms with Gasteiger partial charge in [-0.25, -0.2) is 9.97 Å². The number of hydrogen-bond donors (Lipinski definition) is 0. The Bertz CT molecular complexity index is 957. The fourth-order valence-corrected chi connectivity index (χ4v) is 5.59. The molecule has 0 saturated heterocycles. The summed E-state index contributed by atoms with van der Waals surface area (Å²) in [7, 11) is 2.03. The highest BCUT2D eigenvalue weighted by molar-refractivity contribution is 8.00. The molecule has 0 bridgehead atoms. The first-order valence-electron chi connectivity index (χ1n) is 7.95. The van der Waals surface area contributed by atoms with Crippen LogP contribution in [0.15, 0.2) is 70.4 Å². The average Bonchev–Trinajstić information content (AvgIpc) is 3.24. The van der Waals surface area contributed by atoms with E-state index in [0.717, 1.165) is 26.5 Å². The average molecular weight is 384 g/mol. The lowest BCUT2D eigenvalue weighted by atomic mass is 10.1. The van der Waals surface area contributed by atoms with Crippen molar-refractivity contribution >= 4 is 45.1 Å². The van der Waals surface area contributed by atoms with Crippen LogP contribution in [0.1, 0.15) is 11.1 Å². The Morgan fingerprint density at radius 1 is 0.960 bits per heavy atom. The highest BCUT2D eigenvalue weighted by Crippen LogP contribution is 2.33. The highest BCUT2D eigenvalue weighted by Gasteiger charge is 2.08. The third kappa shape index (κ3) is 3.92. The first-order valence-corrected chi connectivity index (χ1v) is 10.7. The Hall–Kier alpha value is -1.76. The molecule has 0 aliphatic carbocycles. The molecule has 0 fully saturated rings. The van der Waals surface area contributed by atoms with Crippen LogP contribution < -0.4 is 0 Å². The molecule has 126 valence electrons. The predicted octanol–water partition coefficient (Wildman–Crippen LogP) is 5.61. The molecule has 0 aliphatic heterocycles. The molecule has 4 aromatic rings. The minimum Gasteiger partial charge on any atom is -0.329 e. The van der Waals surface area contributed by atoms with Crippen LogP contribution in [0.5, 0.6) is 0 Å². The van der Waals surface area contributed by atoms with E-state index < -0.39 is 0 Å². The van der Waals surface area contributed by atoms with Crippen molar-refractivity contribution in [2.75, 3.05) is 0 Å². The molecule has 0 spiro atoms. The minimum absolute atomic E-state index is 0.932. The lowest BCUT2D eigenvalue weighted by Crippen LogP contribution is -1.93. The largest absolute Gasteiger partial charge is 0.329 e. The number of aromatic nitrogens is 3. The van der Waals surface area contributed by atoms with Crippen LogP contribution in [0.4, 0.5) is 0 Å². The van der Waals surface area contributed by atoms with Gasteiger partial charge in [-0.2, -0.15) is 0 Å². The standard InChI is InChI=1S/C19H17N3S3/c1-22-11-10-20-18(22)23-12-14-6-2-3-7-15(14)13-24-19-21-16-8-4-5-9-17(16)25-19/h2-11H,12-13H2,1H3. The summed E-state index contributed by atoms with van der Waals surface area (Å²) in [6.45, 7) is 0. The molecule has 0 aliphatic rings. The van der Waals surface area contributed by atoms with Gasteiger partial charge < -0.3 is 4.57 Å². The number of thiazole rings is 1. The number of aryl methyl sites for hydroxylation is 1. The van der Waals surface area contributed by atoms with Crippen molar-refractivity contribution in [3.63, 3.8) is 0 Å². The van der Waals surface area contributed by atoms with E-state index >= 15 is 0 Å². The van der Waals surface area contributed by atoms with Gasteiger partial charge in [0.15, 0.2) is 9.50 Å². The number of imidazole rings is 1. The summed E-state index contributed by atoms with van der Waals surface area (Å²) < 4.78 is 4.44. The van der Waals surface area contributed by atoms with E-state index in [1.165, 1.54) is 15.8 Å². The number of nitrogens with zero attached hydrogens (tertiary/aromatic N) is 3. The summed E-state index contributed by atoms with van der Waals surface area (Å²) in [4.78, 5) is 9.11. The maximum atomic E-state index is 4.72. The quantitative estimate of drug-likeness (QED) is 0.405. The van der Waals surface area contributed by atoms with Crippen LogP contribution in [-0.4, -0.2) is 14.5 Å². The Morgan fingerprint density at radius 3 is 2.40 bits per heavy atom. The Kier molecular flexibility index (Phi) is 5.10. The van der Waals surface area contributed by atoms with E-state index in [9.17, 15) is 0 Å². The number of fused-ring (bicyclic) bond motifs is 1. The molecule has 4 rings (SSSR count). The van der Waals surface area contributed by atoms with E-state index in [1.54, 1.807) is 23.1 Å². The number of benzene rings is 2. The number of para-hydroxylation sites is 1. The van der Waals surface area contributed by atoms with Crippen molar-refractivity contribution in [1.82, 2.24) is 14.5 Å². The van der Waals surface area contributed by atoms with Crippen molar-refractivity contribution in [2.24, 2.45) is 7.05 Å². The predicted molar refractivity (Wildman–Crippen MR) is 108 cm³/mol. The van der Waals surface area contributed by atoms with Gasteiger partial charge >= 0.3 is 0 Å². The lowest BCUT2D eigenvalue weighted by molar-refractivity contribution is 0.790. The van der Waals surface area contributed by atoms with Crippen molar-refractivity contribution in [1.29, 1.82) is 0 Å². The van der Waals surface area contributed by atoms with Crippen molar-refractivity contribution in [3.8, 4) is 0 Å². The monoisotopic (exact) mass is 383 g/mol. The van der Waals surface area contributed by atoms with Crippen LogP contribution in [-0.2, 0) is 18.6 Å². The molecule has 6 heteroatoms. The third-order valence-corrected chi connectivity index (χ3v) is 7.21. The van der Waals surface area contributed by atoms with Crippen LogP contribution in [0.2, 0.25) is 0 Å². The molecule has 0 amide bonds. The lowest BCUT2D eigenvalue weighted by Gasteiger charge is -2.08. The molecular formula is C19H17N3S3. The number of thioether (sulfide) groups is 2. The first kappa shape index (κ1) is 16.7. The summed E-state index contributed by atoms with van der Waals surface area (Å²) in [6.07, 6.45) is 3.83. The van der Waals surface area contributed by atoms with E-state index in [0.29, 0.717) is 0 Å². The molecule has 0 saturated carbocycles. The first-order chi connectivity index (χ1) is 12.3. The minimum atomic E-state index is 0.932. The molecule has 0 unspecified atom stereocenters. The SMILES string of the molecule is Cn1ccnc1SCc1ccccc1CSc1nc2ccccc2s1. The van der Waals surface area contributed by atoms with Gasteiger partial charge in [-0.3, -0.25) is 0 Å². The maximum Gasteiger partial charge on any atom is 0.167 e. The fourth-order valence-electron chi connectivity index (χ4n) is 2.52. The zero-order valence-corrected chi connectivity index (χ0v) is 16.2. The second-order valence-electron chi connectivity index (χ2n) is 5.61. The van der Waals surface area contributed by atoms with Gasteiger partial charge in [-0.1, -0.05) is 59.9 Å². The molecule has 25 heavy (non-hydrogen) atoms. The van der Waals surface area contributed by atoms with E-state index in [2.05, 4.69) is 52.0 Å². The van der Waals surface area contributed by atoms with Crippen molar-refractivity contribution in [2.45, 2.75) is 21.0 Å². The topological polar surface area (TPSA) is 30.7 Å². The summed E-state index contributed by atoms with van der Waals surface area (Å²) in [5.41, 5.74) is 3.83. The van der Waals surface area contributed by atoms with E-state index in [1.807, 2.05) is 37.3 Å². The van der Waals surface area contributed by atoms with Crippen LogP contribution in [0, 0.1) is 0 Å². The van der Waals surface area contributed by atoms with Crippen molar-refractivity contribution in [3.05, 3.63) is 72.1 Å². The summed E-state index contributed by atoms with van der Waals surface area (Å²) >= 11 is 5.36. The molecular weight excluding hydrogens is 366 g/mol. The number of hydrogen-bond acceptors (Lipinski definition) is 5. The molecule has 0 N–H and O–H groups in total. The molecule has 2 aromatic carbocycles. The van der Waals surface area contributed by atoms with Gasteiger partial charge in [0, 0.05) is 30.9 Å². The zero-order valence-electron chi connectivity index (χ0n) is 13.8. The maximum absolute atomic E-state index is 4.72. The van der Waals surface area contributed by atoms with Gasteiger partial charge in [0.05, 0.1) is 10.2 Å². The Morgan fingerprint density at radius 2 is 1.68 bits per heavy atom. The van der Waals surface area contributed by atoms with Crippen LogP contribution in [0.3, 0.4) is 0 Å². The second-order valence-corrected chi connectivity index (χ2v) is 8.81. The molecule has 2 aromatic heterocycles. The Balaban J connectivity index is 1.46. The smallest absolute Gasteiger partial charge is 0.167 e. The van der Waals surface area contributed by atoms with Gasteiger partial charge in [0.2, 0.25) is 0 Å². The van der Waals surface area contributed by atoms with E-state index in [-0.39, 0.29) is 0 Å². The zero-order chi connectivity index (χ0) is 17.1. The molecule has 3 nitrogen and oxygen atoms in total. The third-order valence-electron chi connectivity index (χ3n) is 3.88. The van der Waals surface area contributed by atoms with E-state index in [4.69, 9.17) is 4.98 Å². The van der Waals surface area contributed by atoms with Gasteiger partial charge in [0.25, 0.3) is 0 Å². The van der Waals surface area contributed by atoms with Crippen LogP contribution in [0.25, 0.3) is 10.2 Å². The molecule has 0 radical (unpaired) electrons. The summed E-state index contributed by atoms with van der Waals surface area (Å²) in [5.74, 6) is 1.87. The van der Waals surface area contributed by atoms with Gasteiger partial charge in [-0.15, -0.1) is 11.3 Å². The van der Waals surface area contributed by atoms with Gasteiger partial charge in [-0.05, 0) is 23.3 Å². The number of rotatable bonds is 6. The normalized spacial score (nSPS) is 11.2. The molecule has 2 heterocycles. The summed E-state index contributed by atoms with van der Waals surface area (Å²) in [5, 5.41) is 1.05. The fraction of sp³-hybridized carbons (Fsp3) is 0.158. The highest BCUT2D eigenvalue weighted by atomic mass is 32.2. The van der Waals surface area contributed by atoms with Crippen molar-refractivity contribution < 1.29 is 0 Å². The van der Waals surface area contributed by atoms with Crippen LogP contribution >= 0.6 is 34.9 Å². The molecule has 0 atom stereocenters. The Labute approximate surface area is 159 Å². The summed E-state index contributed by atoms with van der Waals surface area (Å²) in [6, 6.07) is 17.0.